The topological polar surface area (TPSA) is 118 Å². The molecule has 10 nitrogen and oxygen atoms in total. The maximum Gasteiger partial charge on any atom is 0.225 e. The lowest BCUT2D eigenvalue weighted by atomic mass is 9.94. The SMILES string of the molecule is Cc1nc(S(C)(=O)=O)ccc1Nc1nccn2c(C3CCN(c4ncc(C(C)C)cn4)CC3)cnc12. The molecule has 4 aromatic heterocycles. The highest BCUT2D eigenvalue weighted by Crippen LogP contribution is 2.31. The predicted octanol–water partition coefficient (Wildman–Crippen LogP) is 3.88. The molecule has 5 heterocycles. The number of aromatic nitrogens is 6. The van der Waals surface area contributed by atoms with Crippen LogP contribution < -0.4 is 10.2 Å². The third-order valence-corrected chi connectivity index (χ3v) is 7.66. The van der Waals surface area contributed by atoms with E-state index in [9.17, 15) is 8.42 Å². The van der Waals surface area contributed by atoms with E-state index in [4.69, 9.17) is 0 Å². The molecule has 188 valence electrons. The van der Waals surface area contributed by atoms with E-state index < -0.39 is 9.84 Å². The average Bonchev–Trinajstić information content (AvgIpc) is 3.30. The van der Waals surface area contributed by atoms with Crippen molar-refractivity contribution in [2.75, 3.05) is 29.6 Å². The Bertz CT molecular complexity index is 1490. The zero-order valence-corrected chi connectivity index (χ0v) is 21.7. The first-order valence-corrected chi connectivity index (χ1v) is 13.9. The highest BCUT2D eigenvalue weighted by Gasteiger charge is 2.25. The van der Waals surface area contributed by atoms with Crippen molar-refractivity contribution in [3.8, 4) is 0 Å². The van der Waals surface area contributed by atoms with Crippen LogP contribution in [0.25, 0.3) is 5.65 Å². The first-order valence-electron chi connectivity index (χ1n) is 12.0. The Balaban J connectivity index is 1.32. The van der Waals surface area contributed by atoms with Gasteiger partial charge in [0, 0.05) is 61.9 Å². The molecule has 36 heavy (non-hydrogen) atoms. The molecule has 0 radical (unpaired) electrons. The van der Waals surface area contributed by atoms with Crippen LogP contribution in [0.1, 0.15) is 55.5 Å². The van der Waals surface area contributed by atoms with E-state index in [2.05, 4.69) is 53.4 Å². The summed E-state index contributed by atoms with van der Waals surface area (Å²) in [4.78, 5) is 24.8. The minimum absolute atomic E-state index is 0.0485. The molecule has 11 heteroatoms. The molecule has 0 saturated carbocycles. The summed E-state index contributed by atoms with van der Waals surface area (Å²) in [6.07, 6.45) is 12.6. The van der Waals surface area contributed by atoms with Crippen molar-refractivity contribution in [2.24, 2.45) is 0 Å². The Hall–Kier alpha value is -3.60. The second-order valence-corrected chi connectivity index (χ2v) is 11.5. The first-order chi connectivity index (χ1) is 17.2. The molecular weight excluding hydrogens is 476 g/mol. The van der Waals surface area contributed by atoms with Gasteiger partial charge >= 0.3 is 0 Å². The highest BCUT2D eigenvalue weighted by molar-refractivity contribution is 7.90. The zero-order chi connectivity index (χ0) is 25.4. The number of rotatable bonds is 6. The van der Waals surface area contributed by atoms with Crippen LogP contribution >= 0.6 is 0 Å². The molecule has 1 aliphatic heterocycles. The van der Waals surface area contributed by atoms with Gasteiger partial charge in [0.25, 0.3) is 0 Å². The molecule has 1 aliphatic rings. The van der Waals surface area contributed by atoms with Crippen LogP contribution in [0.4, 0.5) is 17.5 Å². The van der Waals surface area contributed by atoms with E-state index in [-0.39, 0.29) is 5.03 Å². The number of pyridine rings is 1. The van der Waals surface area contributed by atoms with Crippen molar-refractivity contribution >= 4 is 32.9 Å². The van der Waals surface area contributed by atoms with Gasteiger partial charge in [0.15, 0.2) is 26.3 Å². The fourth-order valence-electron chi connectivity index (χ4n) is 4.50. The van der Waals surface area contributed by atoms with Crippen LogP contribution in [0.3, 0.4) is 0 Å². The predicted molar refractivity (Wildman–Crippen MR) is 139 cm³/mol. The second-order valence-electron chi connectivity index (χ2n) is 9.56. The molecule has 0 aromatic carbocycles. The lowest BCUT2D eigenvalue weighted by Gasteiger charge is -2.31. The van der Waals surface area contributed by atoms with E-state index in [1.807, 2.05) is 24.8 Å². The van der Waals surface area contributed by atoms with Crippen LogP contribution in [-0.2, 0) is 9.84 Å². The Kier molecular flexibility index (Phi) is 6.33. The molecule has 0 atom stereocenters. The van der Waals surface area contributed by atoms with Gasteiger partial charge in [-0.15, -0.1) is 0 Å². The number of fused-ring (bicyclic) bond motifs is 1. The average molecular weight is 507 g/mol. The second kappa shape index (κ2) is 9.45. The van der Waals surface area contributed by atoms with E-state index in [1.165, 1.54) is 6.07 Å². The summed E-state index contributed by atoms with van der Waals surface area (Å²) >= 11 is 0. The van der Waals surface area contributed by atoms with Gasteiger partial charge in [0.1, 0.15) is 0 Å². The summed E-state index contributed by atoms with van der Waals surface area (Å²) in [7, 11) is -3.37. The largest absolute Gasteiger partial charge is 0.341 e. The van der Waals surface area contributed by atoms with Gasteiger partial charge in [-0.2, -0.15) is 0 Å². The number of nitrogens with zero attached hydrogens (tertiary/aromatic N) is 7. The van der Waals surface area contributed by atoms with Gasteiger partial charge < -0.3 is 10.2 Å². The van der Waals surface area contributed by atoms with Gasteiger partial charge in [-0.3, -0.25) is 4.40 Å². The molecule has 0 spiro atoms. The maximum atomic E-state index is 11.8. The Labute approximate surface area is 210 Å². The fraction of sp³-hybridized carbons (Fsp3) is 0.400. The summed E-state index contributed by atoms with van der Waals surface area (Å²) in [6.45, 7) is 7.81. The molecular formula is C25H30N8O2S. The third kappa shape index (κ3) is 4.75. The van der Waals surface area contributed by atoms with Crippen molar-refractivity contribution in [3.63, 3.8) is 0 Å². The van der Waals surface area contributed by atoms with Crippen LogP contribution in [0, 0.1) is 6.92 Å². The van der Waals surface area contributed by atoms with E-state index in [0.717, 1.165) is 49.4 Å². The third-order valence-electron chi connectivity index (χ3n) is 6.67. The normalized spacial score (nSPS) is 15.1. The van der Waals surface area contributed by atoms with E-state index in [1.54, 1.807) is 19.2 Å². The standard InChI is InChI=1S/C25H30N8O2S/c1-16(2)19-13-28-25(29-14-19)32-10-7-18(8-11-32)21-15-27-24-23(26-9-12-33(21)24)31-20-5-6-22(30-17(20)3)36(4,34)35/h5-6,9,12-16,18H,7-8,10-11H2,1-4H3,(H,26,31). The number of sulfone groups is 1. The number of hydrogen-bond donors (Lipinski definition) is 1. The van der Waals surface area contributed by atoms with Crippen molar-refractivity contribution in [1.82, 2.24) is 29.3 Å². The van der Waals surface area contributed by atoms with Gasteiger partial charge in [0.2, 0.25) is 5.95 Å². The smallest absolute Gasteiger partial charge is 0.225 e. The number of imidazole rings is 1. The zero-order valence-electron chi connectivity index (χ0n) is 20.9. The van der Waals surface area contributed by atoms with Gasteiger partial charge in [-0.25, -0.2) is 33.3 Å². The summed E-state index contributed by atoms with van der Waals surface area (Å²) in [5, 5.41) is 3.32. The number of nitrogens with one attached hydrogen (secondary N) is 1. The van der Waals surface area contributed by atoms with E-state index in [0.29, 0.717) is 34.7 Å². The van der Waals surface area contributed by atoms with Crippen LogP contribution in [0.2, 0.25) is 0 Å². The molecule has 4 aromatic rings. The van der Waals surface area contributed by atoms with Gasteiger partial charge in [-0.1, -0.05) is 13.8 Å². The monoisotopic (exact) mass is 506 g/mol. The molecule has 1 N–H and O–H groups in total. The van der Waals surface area contributed by atoms with Crippen molar-refractivity contribution < 1.29 is 8.42 Å². The summed E-state index contributed by atoms with van der Waals surface area (Å²) in [5.41, 5.74) is 4.27. The number of hydrogen-bond acceptors (Lipinski definition) is 9. The fourth-order valence-corrected chi connectivity index (χ4v) is 5.12. The quantitative estimate of drug-likeness (QED) is 0.415. The molecule has 0 bridgehead atoms. The van der Waals surface area contributed by atoms with E-state index >= 15 is 0 Å². The highest BCUT2D eigenvalue weighted by atomic mass is 32.2. The lowest BCUT2D eigenvalue weighted by Crippen LogP contribution is -2.34. The van der Waals surface area contributed by atoms with Crippen LogP contribution in [0.5, 0.6) is 0 Å². The van der Waals surface area contributed by atoms with Crippen molar-refractivity contribution in [2.45, 2.75) is 50.5 Å². The van der Waals surface area contributed by atoms with Crippen LogP contribution in [0.15, 0.2) is 48.1 Å². The first kappa shape index (κ1) is 24.1. The van der Waals surface area contributed by atoms with Gasteiger partial charge in [-0.05, 0) is 43.4 Å². The van der Waals surface area contributed by atoms with Crippen LogP contribution in [-0.4, -0.2) is 57.1 Å². The number of piperidine rings is 1. The molecule has 0 amide bonds. The Morgan fingerprint density at radius 1 is 1.03 bits per heavy atom. The van der Waals surface area contributed by atoms with Crippen molar-refractivity contribution in [3.05, 3.63) is 60.1 Å². The molecule has 0 unspecified atom stereocenters. The lowest BCUT2D eigenvalue weighted by molar-refractivity contribution is 0.488. The number of aryl methyl sites for hydroxylation is 1. The molecule has 1 fully saturated rings. The molecule has 0 aliphatic carbocycles. The maximum absolute atomic E-state index is 11.8. The van der Waals surface area contributed by atoms with Crippen molar-refractivity contribution in [1.29, 1.82) is 0 Å². The summed E-state index contributed by atoms with van der Waals surface area (Å²) in [6, 6.07) is 3.20. The number of anilines is 3. The molecule has 1 saturated heterocycles. The Morgan fingerprint density at radius 2 is 1.75 bits per heavy atom. The summed E-state index contributed by atoms with van der Waals surface area (Å²) < 4.78 is 25.7. The summed E-state index contributed by atoms with van der Waals surface area (Å²) in [5.74, 6) is 2.16. The minimum atomic E-state index is -3.37. The molecule has 5 rings (SSSR count). The minimum Gasteiger partial charge on any atom is -0.341 e. The Morgan fingerprint density at radius 3 is 2.39 bits per heavy atom. The van der Waals surface area contributed by atoms with Gasteiger partial charge in [0.05, 0.1) is 11.4 Å².